The van der Waals surface area contributed by atoms with Gasteiger partial charge in [-0.3, -0.25) is 4.57 Å². The first-order valence-electron chi connectivity index (χ1n) is 5.49. The van der Waals surface area contributed by atoms with Gasteiger partial charge in [0.15, 0.2) is 15.7 Å². The van der Waals surface area contributed by atoms with Gasteiger partial charge in [0, 0.05) is 11.9 Å². The molecular weight excluding hydrogens is 250 g/mol. The molecule has 1 aromatic carbocycles. The molecule has 18 heavy (non-hydrogen) atoms. The summed E-state index contributed by atoms with van der Waals surface area (Å²) in [5.74, 6) is 0.413. The van der Waals surface area contributed by atoms with E-state index in [9.17, 15) is 8.42 Å². The van der Waals surface area contributed by atoms with Crippen molar-refractivity contribution in [2.24, 2.45) is 0 Å². The van der Waals surface area contributed by atoms with E-state index in [1.165, 1.54) is 12.6 Å². The lowest BCUT2D eigenvalue weighted by Crippen LogP contribution is -2.31. The van der Waals surface area contributed by atoms with Crippen molar-refractivity contribution >= 4 is 9.84 Å². The molecule has 0 amide bonds. The van der Waals surface area contributed by atoms with E-state index in [4.69, 9.17) is 0 Å². The highest BCUT2D eigenvalue weighted by molar-refractivity contribution is 7.91. The lowest BCUT2D eigenvalue weighted by Gasteiger charge is -2.22. The maximum absolute atomic E-state index is 11.9. The van der Waals surface area contributed by atoms with Crippen LogP contribution in [0.15, 0.2) is 36.7 Å². The average molecular weight is 265 g/mol. The van der Waals surface area contributed by atoms with E-state index in [-0.39, 0.29) is 0 Å². The third-order valence-corrected chi connectivity index (χ3v) is 5.08. The third-order valence-electron chi connectivity index (χ3n) is 3.05. The van der Waals surface area contributed by atoms with Crippen molar-refractivity contribution in [1.29, 1.82) is 0 Å². The molecule has 0 radical (unpaired) electrons. The first-order valence-corrected chi connectivity index (χ1v) is 7.39. The van der Waals surface area contributed by atoms with Crippen molar-refractivity contribution in [3.63, 3.8) is 0 Å². The van der Waals surface area contributed by atoms with Gasteiger partial charge < -0.3 is 0 Å². The number of rotatable bonds is 3. The molecule has 0 fully saturated rings. The minimum Gasteiger partial charge on any atom is -0.284 e. The Labute approximate surface area is 106 Å². The van der Waals surface area contributed by atoms with Crippen LogP contribution in [0, 0.1) is 0 Å². The summed E-state index contributed by atoms with van der Waals surface area (Å²) < 4.78 is 24.3. The molecule has 2 rings (SSSR count). The van der Waals surface area contributed by atoms with Crippen LogP contribution in [0.25, 0.3) is 5.69 Å². The predicted octanol–water partition coefficient (Wildman–Crippen LogP) is 1.55. The van der Waals surface area contributed by atoms with Gasteiger partial charge in [0.2, 0.25) is 0 Å². The molecule has 0 saturated carbocycles. The van der Waals surface area contributed by atoms with Gasteiger partial charge in [-0.05, 0) is 26.0 Å². The van der Waals surface area contributed by atoms with Crippen LogP contribution in [0.1, 0.15) is 19.7 Å². The Morgan fingerprint density at radius 3 is 2.33 bits per heavy atom. The Morgan fingerprint density at radius 1 is 1.17 bits per heavy atom. The van der Waals surface area contributed by atoms with Crippen LogP contribution < -0.4 is 0 Å². The Kier molecular flexibility index (Phi) is 2.98. The first kappa shape index (κ1) is 12.8. The van der Waals surface area contributed by atoms with Crippen molar-refractivity contribution in [2.75, 3.05) is 6.26 Å². The van der Waals surface area contributed by atoms with Crippen LogP contribution in [0.2, 0.25) is 0 Å². The number of nitrogens with zero attached hydrogens (tertiary/aromatic N) is 3. The van der Waals surface area contributed by atoms with E-state index in [0.29, 0.717) is 5.82 Å². The van der Waals surface area contributed by atoms with E-state index in [0.717, 1.165) is 5.69 Å². The number of para-hydroxylation sites is 1. The van der Waals surface area contributed by atoms with Crippen molar-refractivity contribution in [2.45, 2.75) is 18.6 Å². The molecule has 0 saturated heterocycles. The molecule has 0 unspecified atom stereocenters. The van der Waals surface area contributed by atoms with Crippen molar-refractivity contribution in [1.82, 2.24) is 14.8 Å². The molecule has 0 aliphatic carbocycles. The van der Waals surface area contributed by atoms with Gasteiger partial charge in [0.1, 0.15) is 11.1 Å². The number of aromatic nitrogens is 3. The monoisotopic (exact) mass is 265 g/mol. The minimum absolute atomic E-state index is 0.413. The standard InChI is InChI=1S/C12H15N3O2S/c1-12(2,18(3,16)17)11-14-13-9-15(11)10-7-5-4-6-8-10/h4-9H,1-3H3. The fourth-order valence-corrected chi connectivity index (χ4v) is 2.06. The summed E-state index contributed by atoms with van der Waals surface area (Å²) in [4.78, 5) is 0. The highest BCUT2D eigenvalue weighted by Gasteiger charge is 2.37. The molecule has 0 N–H and O–H groups in total. The van der Waals surface area contributed by atoms with Crippen molar-refractivity contribution < 1.29 is 8.42 Å². The molecule has 0 bridgehead atoms. The molecular formula is C12H15N3O2S. The van der Waals surface area contributed by atoms with Crippen LogP contribution in [-0.2, 0) is 14.6 Å². The summed E-state index contributed by atoms with van der Waals surface area (Å²) in [5.41, 5.74) is 0.842. The molecule has 1 heterocycles. The predicted molar refractivity (Wildman–Crippen MR) is 69.2 cm³/mol. The Hall–Kier alpha value is -1.69. The first-order chi connectivity index (χ1) is 8.34. The quantitative estimate of drug-likeness (QED) is 0.844. The Bertz CT molecular complexity index is 645. The lowest BCUT2D eigenvalue weighted by molar-refractivity contribution is 0.545. The Balaban J connectivity index is 2.60. The van der Waals surface area contributed by atoms with Crippen LogP contribution in [0.3, 0.4) is 0 Å². The maximum atomic E-state index is 11.9. The fourth-order valence-electron chi connectivity index (χ4n) is 1.59. The molecule has 2 aromatic rings. The second-order valence-electron chi connectivity index (χ2n) is 4.64. The SMILES string of the molecule is CC(C)(c1nncn1-c1ccccc1)S(C)(=O)=O. The van der Waals surface area contributed by atoms with Crippen LogP contribution >= 0.6 is 0 Å². The largest absolute Gasteiger partial charge is 0.284 e. The number of sulfone groups is 1. The number of hydrogen-bond acceptors (Lipinski definition) is 4. The summed E-state index contributed by atoms with van der Waals surface area (Å²) in [6.45, 7) is 3.26. The van der Waals surface area contributed by atoms with E-state index in [2.05, 4.69) is 10.2 Å². The average Bonchev–Trinajstić information content (AvgIpc) is 2.78. The summed E-state index contributed by atoms with van der Waals surface area (Å²) in [6.07, 6.45) is 2.73. The molecule has 0 spiro atoms. The molecule has 0 aliphatic rings. The van der Waals surface area contributed by atoms with Crippen molar-refractivity contribution in [3.8, 4) is 5.69 Å². The van der Waals surface area contributed by atoms with Gasteiger partial charge in [0.25, 0.3) is 0 Å². The second-order valence-corrected chi connectivity index (χ2v) is 7.21. The zero-order valence-electron chi connectivity index (χ0n) is 10.5. The van der Waals surface area contributed by atoms with Gasteiger partial charge >= 0.3 is 0 Å². The summed E-state index contributed by atoms with van der Waals surface area (Å²) >= 11 is 0. The normalized spacial score (nSPS) is 12.6. The third kappa shape index (κ3) is 2.03. The minimum atomic E-state index is -3.28. The van der Waals surface area contributed by atoms with Crippen LogP contribution in [0.4, 0.5) is 0 Å². The Morgan fingerprint density at radius 2 is 1.78 bits per heavy atom. The smallest absolute Gasteiger partial charge is 0.159 e. The van der Waals surface area contributed by atoms with Gasteiger partial charge in [0.05, 0.1) is 0 Å². The number of benzene rings is 1. The van der Waals surface area contributed by atoms with E-state index >= 15 is 0 Å². The summed E-state index contributed by atoms with van der Waals surface area (Å²) in [5, 5.41) is 7.79. The van der Waals surface area contributed by atoms with Gasteiger partial charge in [-0.1, -0.05) is 18.2 Å². The maximum Gasteiger partial charge on any atom is 0.159 e. The summed E-state index contributed by atoms with van der Waals surface area (Å²) in [7, 11) is -3.28. The van der Waals surface area contributed by atoms with E-state index in [1.54, 1.807) is 18.4 Å². The van der Waals surface area contributed by atoms with Gasteiger partial charge in [-0.25, -0.2) is 8.42 Å². The fraction of sp³-hybridized carbons (Fsp3) is 0.333. The molecule has 6 heteroatoms. The highest BCUT2D eigenvalue weighted by atomic mass is 32.2. The van der Waals surface area contributed by atoms with Crippen LogP contribution in [-0.4, -0.2) is 29.4 Å². The molecule has 0 atom stereocenters. The van der Waals surface area contributed by atoms with E-state index in [1.807, 2.05) is 30.3 Å². The number of hydrogen-bond donors (Lipinski definition) is 0. The van der Waals surface area contributed by atoms with Crippen molar-refractivity contribution in [3.05, 3.63) is 42.5 Å². The van der Waals surface area contributed by atoms with Crippen LogP contribution in [0.5, 0.6) is 0 Å². The highest BCUT2D eigenvalue weighted by Crippen LogP contribution is 2.28. The topological polar surface area (TPSA) is 64.8 Å². The zero-order valence-corrected chi connectivity index (χ0v) is 11.3. The molecule has 0 aliphatic heterocycles. The zero-order chi connectivity index (χ0) is 13.4. The lowest BCUT2D eigenvalue weighted by atomic mass is 10.2. The van der Waals surface area contributed by atoms with E-state index < -0.39 is 14.6 Å². The molecule has 5 nitrogen and oxygen atoms in total. The molecule has 1 aromatic heterocycles. The summed E-state index contributed by atoms with van der Waals surface area (Å²) in [6, 6.07) is 9.42. The van der Waals surface area contributed by atoms with Gasteiger partial charge in [-0.2, -0.15) is 0 Å². The molecule has 96 valence electrons. The second kappa shape index (κ2) is 4.20. The van der Waals surface area contributed by atoms with Gasteiger partial charge in [-0.15, -0.1) is 10.2 Å².